The number of aromatic hydroxyl groups is 2. The third-order valence-corrected chi connectivity index (χ3v) is 1.85. The van der Waals surface area contributed by atoms with Gasteiger partial charge < -0.3 is 15.1 Å². The molecule has 0 saturated heterocycles. The predicted molar refractivity (Wildman–Crippen MR) is 62.8 cm³/mol. The fraction of sp³-hybridized carbons (Fsp3) is 0.417. The standard InChI is InChI=1S/C12H17NO3/c1-8(13-16-12(2,3)4)9-5-6-10(14)11(15)7-9/h5-7,14-15H,1-4H3. The minimum atomic E-state index is -0.347. The van der Waals surface area contributed by atoms with E-state index in [0.717, 1.165) is 0 Å². The fourth-order valence-electron chi connectivity index (χ4n) is 1.01. The molecule has 1 rings (SSSR count). The second-order valence-electron chi connectivity index (χ2n) is 4.58. The van der Waals surface area contributed by atoms with E-state index < -0.39 is 0 Å². The van der Waals surface area contributed by atoms with E-state index in [0.29, 0.717) is 11.3 Å². The van der Waals surface area contributed by atoms with Gasteiger partial charge in [0.05, 0.1) is 5.71 Å². The summed E-state index contributed by atoms with van der Waals surface area (Å²) < 4.78 is 0. The highest BCUT2D eigenvalue weighted by Crippen LogP contribution is 2.25. The smallest absolute Gasteiger partial charge is 0.158 e. The molecule has 88 valence electrons. The molecule has 1 aromatic carbocycles. The Labute approximate surface area is 95.2 Å². The van der Waals surface area contributed by atoms with Gasteiger partial charge in [-0.3, -0.25) is 0 Å². The first-order valence-electron chi connectivity index (χ1n) is 5.05. The van der Waals surface area contributed by atoms with Crippen LogP contribution in [-0.4, -0.2) is 21.5 Å². The largest absolute Gasteiger partial charge is 0.504 e. The molecule has 0 spiro atoms. The number of oxime groups is 1. The van der Waals surface area contributed by atoms with Crippen LogP contribution < -0.4 is 0 Å². The minimum absolute atomic E-state index is 0.145. The van der Waals surface area contributed by atoms with Crippen molar-refractivity contribution in [2.45, 2.75) is 33.3 Å². The maximum absolute atomic E-state index is 9.33. The first-order valence-corrected chi connectivity index (χ1v) is 5.05. The third-order valence-electron chi connectivity index (χ3n) is 1.85. The second kappa shape index (κ2) is 4.43. The van der Waals surface area contributed by atoms with E-state index in [1.807, 2.05) is 20.8 Å². The monoisotopic (exact) mass is 223 g/mol. The van der Waals surface area contributed by atoms with Crippen molar-refractivity contribution in [2.24, 2.45) is 5.16 Å². The summed E-state index contributed by atoms with van der Waals surface area (Å²) in [5.74, 6) is -0.309. The lowest BCUT2D eigenvalue weighted by Crippen LogP contribution is -2.16. The van der Waals surface area contributed by atoms with Gasteiger partial charge in [-0.15, -0.1) is 0 Å². The Morgan fingerprint density at radius 1 is 1.19 bits per heavy atom. The van der Waals surface area contributed by atoms with Crippen molar-refractivity contribution in [3.8, 4) is 11.5 Å². The molecule has 0 aliphatic rings. The predicted octanol–water partition coefficient (Wildman–Crippen LogP) is 2.64. The third kappa shape index (κ3) is 3.46. The summed E-state index contributed by atoms with van der Waals surface area (Å²) in [6.45, 7) is 7.48. The van der Waals surface area contributed by atoms with Crippen molar-refractivity contribution in [2.75, 3.05) is 0 Å². The van der Waals surface area contributed by atoms with Crippen molar-refractivity contribution < 1.29 is 15.1 Å². The Bertz CT molecular complexity index is 405. The molecule has 4 heteroatoms. The lowest BCUT2D eigenvalue weighted by Gasteiger charge is -2.16. The van der Waals surface area contributed by atoms with Gasteiger partial charge in [0.25, 0.3) is 0 Å². The SMILES string of the molecule is CC(=NOC(C)(C)C)c1ccc(O)c(O)c1. The first-order chi connectivity index (χ1) is 7.29. The van der Waals surface area contributed by atoms with Gasteiger partial charge in [0.15, 0.2) is 11.5 Å². The molecule has 4 nitrogen and oxygen atoms in total. The average Bonchev–Trinajstić information content (AvgIpc) is 2.17. The Balaban J connectivity index is 2.88. The van der Waals surface area contributed by atoms with Crippen molar-refractivity contribution in [1.29, 1.82) is 0 Å². The van der Waals surface area contributed by atoms with Gasteiger partial charge in [-0.25, -0.2) is 0 Å². The zero-order valence-electron chi connectivity index (χ0n) is 9.98. The van der Waals surface area contributed by atoms with Crippen molar-refractivity contribution >= 4 is 5.71 Å². The van der Waals surface area contributed by atoms with Gasteiger partial charge in [0.1, 0.15) is 5.60 Å². The highest BCUT2D eigenvalue weighted by atomic mass is 16.6. The molecule has 0 heterocycles. The highest BCUT2D eigenvalue weighted by molar-refractivity contribution is 5.98. The number of benzene rings is 1. The van der Waals surface area contributed by atoms with Crippen LogP contribution in [0.5, 0.6) is 11.5 Å². The molecule has 0 atom stereocenters. The first kappa shape index (κ1) is 12.4. The molecule has 0 saturated carbocycles. The van der Waals surface area contributed by atoms with Crippen molar-refractivity contribution in [1.82, 2.24) is 0 Å². The molecule has 0 radical (unpaired) electrons. The number of phenolic OH excluding ortho intramolecular Hbond substituents is 2. The zero-order chi connectivity index (χ0) is 12.3. The summed E-state index contributed by atoms with van der Waals surface area (Å²) in [6, 6.07) is 4.53. The minimum Gasteiger partial charge on any atom is -0.504 e. The van der Waals surface area contributed by atoms with E-state index in [-0.39, 0.29) is 17.1 Å². The van der Waals surface area contributed by atoms with E-state index in [9.17, 15) is 5.11 Å². The second-order valence-corrected chi connectivity index (χ2v) is 4.58. The lowest BCUT2D eigenvalue weighted by atomic mass is 10.1. The molecule has 16 heavy (non-hydrogen) atoms. The van der Waals surface area contributed by atoms with E-state index in [4.69, 9.17) is 9.94 Å². The lowest BCUT2D eigenvalue weighted by molar-refractivity contribution is 0.000954. The summed E-state index contributed by atoms with van der Waals surface area (Å²) in [5, 5.41) is 22.5. The van der Waals surface area contributed by atoms with Crippen LogP contribution in [0.25, 0.3) is 0 Å². The van der Waals surface area contributed by atoms with Gasteiger partial charge in [0, 0.05) is 5.56 Å². The van der Waals surface area contributed by atoms with Gasteiger partial charge in [-0.1, -0.05) is 5.16 Å². The summed E-state index contributed by atoms with van der Waals surface area (Å²) in [6.07, 6.45) is 0. The maximum atomic E-state index is 9.33. The van der Waals surface area contributed by atoms with Crippen LogP contribution in [0.3, 0.4) is 0 Å². The molecule has 0 fully saturated rings. The van der Waals surface area contributed by atoms with Gasteiger partial charge in [-0.2, -0.15) is 0 Å². The van der Waals surface area contributed by atoms with Crippen LogP contribution in [0, 0.1) is 0 Å². The van der Waals surface area contributed by atoms with Crippen LogP contribution in [0.4, 0.5) is 0 Å². The summed E-state index contributed by atoms with van der Waals surface area (Å²) in [5.41, 5.74) is 1.00. The average molecular weight is 223 g/mol. The normalized spacial score (nSPS) is 12.6. The van der Waals surface area contributed by atoms with E-state index in [1.165, 1.54) is 12.1 Å². The molecule has 1 aromatic rings. The van der Waals surface area contributed by atoms with E-state index in [2.05, 4.69) is 5.16 Å². The Morgan fingerprint density at radius 2 is 1.81 bits per heavy atom. The number of phenols is 2. The molecule has 0 aliphatic carbocycles. The number of nitrogens with zero attached hydrogens (tertiary/aromatic N) is 1. The Hall–Kier alpha value is -1.71. The fourth-order valence-corrected chi connectivity index (χ4v) is 1.01. The maximum Gasteiger partial charge on any atom is 0.158 e. The topological polar surface area (TPSA) is 62.0 Å². The van der Waals surface area contributed by atoms with Crippen LogP contribution in [0.15, 0.2) is 23.4 Å². The molecular formula is C12H17NO3. The van der Waals surface area contributed by atoms with Gasteiger partial charge in [0.2, 0.25) is 0 Å². The van der Waals surface area contributed by atoms with Gasteiger partial charge >= 0.3 is 0 Å². The van der Waals surface area contributed by atoms with Crippen molar-refractivity contribution in [3.05, 3.63) is 23.8 Å². The van der Waals surface area contributed by atoms with Crippen LogP contribution in [0.1, 0.15) is 33.3 Å². The molecule has 0 bridgehead atoms. The summed E-state index contributed by atoms with van der Waals surface area (Å²) in [4.78, 5) is 5.26. The molecule has 0 aromatic heterocycles. The highest BCUT2D eigenvalue weighted by Gasteiger charge is 2.11. The molecule has 0 amide bonds. The summed E-state index contributed by atoms with van der Waals surface area (Å²) in [7, 11) is 0. The van der Waals surface area contributed by atoms with E-state index >= 15 is 0 Å². The van der Waals surface area contributed by atoms with Crippen molar-refractivity contribution in [3.63, 3.8) is 0 Å². The van der Waals surface area contributed by atoms with E-state index in [1.54, 1.807) is 13.0 Å². The number of hydrogen-bond acceptors (Lipinski definition) is 4. The van der Waals surface area contributed by atoms with Crippen LogP contribution >= 0.6 is 0 Å². The Morgan fingerprint density at radius 3 is 2.31 bits per heavy atom. The zero-order valence-corrected chi connectivity index (χ0v) is 9.98. The summed E-state index contributed by atoms with van der Waals surface area (Å²) >= 11 is 0. The molecule has 0 aliphatic heterocycles. The number of hydrogen-bond donors (Lipinski definition) is 2. The Kier molecular flexibility index (Phi) is 3.42. The van der Waals surface area contributed by atoms with Crippen LogP contribution in [0.2, 0.25) is 0 Å². The molecule has 0 unspecified atom stereocenters. The number of rotatable bonds is 2. The van der Waals surface area contributed by atoms with Gasteiger partial charge in [-0.05, 0) is 45.9 Å². The van der Waals surface area contributed by atoms with Crippen LogP contribution in [-0.2, 0) is 4.84 Å². The quantitative estimate of drug-likeness (QED) is 0.460. The molecule has 2 N–H and O–H groups in total. The molecular weight excluding hydrogens is 206 g/mol.